The molecule has 4 heteroatoms. The second kappa shape index (κ2) is 2.30. The van der Waals surface area contributed by atoms with E-state index in [0.717, 1.165) is 12.8 Å². The van der Waals surface area contributed by atoms with E-state index in [1.807, 2.05) is 0 Å². The molecule has 3 fully saturated rings. The number of fused-ring (bicyclic) bond motifs is 5. The van der Waals surface area contributed by atoms with Crippen molar-refractivity contribution in [3.05, 3.63) is 0 Å². The van der Waals surface area contributed by atoms with Gasteiger partial charge in [0, 0.05) is 0 Å². The number of hydrogen-bond acceptors (Lipinski definition) is 2. The number of hydrogen-bond donors (Lipinski definition) is 2. The van der Waals surface area contributed by atoms with Gasteiger partial charge in [-0.3, -0.25) is 9.59 Å². The molecule has 0 aliphatic heterocycles. The topological polar surface area (TPSA) is 74.6 Å². The maximum absolute atomic E-state index is 11.0. The average molecular weight is 196 g/mol. The third-order valence-corrected chi connectivity index (χ3v) is 4.42. The molecule has 3 saturated carbocycles. The molecular formula is C10H12O4. The molecule has 3 aliphatic rings. The van der Waals surface area contributed by atoms with E-state index in [2.05, 4.69) is 0 Å². The molecule has 2 bridgehead atoms. The molecule has 0 aromatic carbocycles. The van der Waals surface area contributed by atoms with Crippen molar-refractivity contribution < 1.29 is 19.8 Å². The van der Waals surface area contributed by atoms with Crippen LogP contribution in [0.4, 0.5) is 0 Å². The summed E-state index contributed by atoms with van der Waals surface area (Å²) in [6.07, 6.45) is 1.91. The number of rotatable bonds is 2. The summed E-state index contributed by atoms with van der Waals surface area (Å²) in [5.41, 5.74) is 0. The summed E-state index contributed by atoms with van der Waals surface area (Å²) in [4.78, 5) is 22.0. The lowest BCUT2D eigenvalue weighted by Gasteiger charge is -2.23. The van der Waals surface area contributed by atoms with Crippen LogP contribution in [0.1, 0.15) is 12.8 Å². The highest BCUT2D eigenvalue weighted by Gasteiger charge is 2.68. The zero-order chi connectivity index (χ0) is 10.0. The first-order valence-corrected chi connectivity index (χ1v) is 5.07. The highest BCUT2D eigenvalue weighted by atomic mass is 16.4. The molecule has 0 unspecified atom stereocenters. The summed E-state index contributed by atoms with van der Waals surface area (Å²) >= 11 is 0. The molecule has 0 aromatic heterocycles. The first-order valence-electron chi connectivity index (χ1n) is 5.07. The van der Waals surface area contributed by atoms with Crippen LogP contribution in [0.2, 0.25) is 0 Å². The van der Waals surface area contributed by atoms with Crippen LogP contribution in [0.5, 0.6) is 0 Å². The summed E-state index contributed by atoms with van der Waals surface area (Å²) in [5.74, 6) is -1.64. The highest BCUT2D eigenvalue weighted by molar-refractivity contribution is 5.82. The van der Waals surface area contributed by atoms with Crippen molar-refractivity contribution in [3.63, 3.8) is 0 Å². The van der Waals surface area contributed by atoms with E-state index in [0.29, 0.717) is 11.8 Å². The fourth-order valence-electron chi connectivity index (χ4n) is 3.92. The van der Waals surface area contributed by atoms with Gasteiger partial charge in [0.25, 0.3) is 0 Å². The molecule has 2 N–H and O–H groups in total. The minimum absolute atomic E-state index is 0.156. The van der Waals surface area contributed by atoms with Gasteiger partial charge < -0.3 is 10.2 Å². The second-order valence-electron chi connectivity index (χ2n) is 4.85. The molecule has 0 aromatic rings. The lowest BCUT2D eigenvalue weighted by atomic mass is 9.79. The van der Waals surface area contributed by atoms with Crippen LogP contribution < -0.4 is 0 Å². The van der Waals surface area contributed by atoms with E-state index in [1.165, 1.54) is 0 Å². The van der Waals surface area contributed by atoms with E-state index in [1.54, 1.807) is 0 Å². The summed E-state index contributed by atoms with van der Waals surface area (Å²) in [6.45, 7) is 0. The second-order valence-corrected chi connectivity index (χ2v) is 4.85. The monoisotopic (exact) mass is 196 g/mol. The van der Waals surface area contributed by atoms with Crippen molar-refractivity contribution >= 4 is 11.9 Å². The van der Waals surface area contributed by atoms with Crippen molar-refractivity contribution in [1.82, 2.24) is 0 Å². The van der Waals surface area contributed by atoms with Crippen molar-refractivity contribution in [2.45, 2.75) is 12.8 Å². The van der Waals surface area contributed by atoms with Crippen molar-refractivity contribution in [2.75, 3.05) is 0 Å². The van der Waals surface area contributed by atoms with Crippen LogP contribution in [0.3, 0.4) is 0 Å². The fourth-order valence-corrected chi connectivity index (χ4v) is 3.92. The number of carboxylic acid groups (broad SMARTS) is 2. The first-order chi connectivity index (χ1) is 6.61. The third-order valence-electron chi connectivity index (χ3n) is 4.42. The Hall–Kier alpha value is -1.06. The van der Waals surface area contributed by atoms with Gasteiger partial charge in [0.05, 0.1) is 11.8 Å². The Morgan fingerprint density at radius 1 is 0.786 bits per heavy atom. The number of aliphatic carboxylic acids is 2. The maximum atomic E-state index is 11.0. The Kier molecular flexibility index (Phi) is 1.36. The summed E-state index contributed by atoms with van der Waals surface area (Å²) < 4.78 is 0. The van der Waals surface area contributed by atoms with Gasteiger partial charge in [0.1, 0.15) is 0 Å². The predicted molar refractivity (Wildman–Crippen MR) is 45.4 cm³/mol. The minimum Gasteiger partial charge on any atom is -0.481 e. The van der Waals surface area contributed by atoms with Crippen LogP contribution >= 0.6 is 0 Å². The lowest BCUT2D eigenvalue weighted by molar-refractivity contribution is -0.156. The van der Waals surface area contributed by atoms with Gasteiger partial charge in [-0.05, 0) is 36.5 Å². The Bertz CT molecular complexity index is 294. The van der Waals surface area contributed by atoms with Gasteiger partial charge in [-0.2, -0.15) is 0 Å². The molecule has 0 amide bonds. The molecular weight excluding hydrogens is 184 g/mol. The molecule has 4 nitrogen and oxygen atoms in total. The molecule has 3 rings (SSSR count). The van der Waals surface area contributed by atoms with E-state index >= 15 is 0 Å². The van der Waals surface area contributed by atoms with Gasteiger partial charge in [0.15, 0.2) is 0 Å². The lowest BCUT2D eigenvalue weighted by Crippen LogP contribution is -2.35. The van der Waals surface area contributed by atoms with E-state index < -0.39 is 23.8 Å². The molecule has 0 heterocycles. The molecule has 0 radical (unpaired) electrons. The van der Waals surface area contributed by atoms with Crippen LogP contribution in [0.25, 0.3) is 0 Å². The van der Waals surface area contributed by atoms with Crippen molar-refractivity contribution in [3.8, 4) is 0 Å². The van der Waals surface area contributed by atoms with E-state index in [-0.39, 0.29) is 11.8 Å². The van der Waals surface area contributed by atoms with Crippen LogP contribution in [0, 0.1) is 35.5 Å². The standard InChI is InChI=1S/C10H12O4/c11-9(12)7-5-2-6(4-1-3(4)5)8(7)10(13)14/h3-8H,1-2H2,(H,11,12)(H,13,14)/t3-,4+,5-,6+,7-,8-/m1/s1. The molecule has 0 saturated heterocycles. The van der Waals surface area contributed by atoms with Gasteiger partial charge in [0.2, 0.25) is 0 Å². The predicted octanol–water partition coefficient (Wildman–Crippen LogP) is 0.674. The zero-order valence-electron chi connectivity index (χ0n) is 7.59. The van der Waals surface area contributed by atoms with Crippen LogP contribution in [-0.2, 0) is 9.59 Å². The molecule has 14 heavy (non-hydrogen) atoms. The first kappa shape index (κ1) is 8.26. The Balaban J connectivity index is 1.95. The highest BCUT2D eigenvalue weighted by Crippen LogP contribution is 2.69. The molecule has 3 aliphatic carbocycles. The number of carboxylic acids is 2. The largest absolute Gasteiger partial charge is 0.481 e. The maximum Gasteiger partial charge on any atom is 0.307 e. The van der Waals surface area contributed by atoms with Gasteiger partial charge >= 0.3 is 11.9 Å². The Labute approximate surface area is 80.9 Å². The van der Waals surface area contributed by atoms with Gasteiger partial charge in [-0.1, -0.05) is 0 Å². The molecule has 76 valence electrons. The molecule has 0 spiro atoms. The smallest absolute Gasteiger partial charge is 0.307 e. The third kappa shape index (κ3) is 0.792. The zero-order valence-corrected chi connectivity index (χ0v) is 7.59. The normalized spacial score (nSPS) is 52.9. The molecule has 6 atom stereocenters. The SMILES string of the molecule is O=C(O)[C@@H]1[C@@H]2C[C@@H]([C@H]3C[C@H]32)[C@H]1C(=O)O. The van der Waals surface area contributed by atoms with E-state index in [4.69, 9.17) is 10.2 Å². The van der Waals surface area contributed by atoms with Crippen molar-refractivity contribution in [1.29, 1.82) is 0 Å². The summed E-state index contributed by atoms with van der Waals surface area (Å²) in [7, 11) is 0. The summed E-state index contributed by atoms with van der Waals surface area (Å²) in [6, 6.07) is 0. The van der Waals surface area contributed by atoms with Gasteiger partial charge in [-0.15, -0.1) is 0 Å². The van der Waals surface area contributed by atoms with Crippen LogP contribution in [-0.4, -0.2) is 22.2 Å². The van der Waals surface area contributed by atoms with Gasteiger partial charge in [-0.25, -0.2) is 0 Å². The van der Waals surface area contributed by atoms with E-state index in [9.17, 15) is 9.59 Å². The minimum atomic E-state index is -0.907. The fraction of sp³-hybridized carbons (Fsp3) is 0.800. The van der Waals surface area contributed by atoms with Crippen LogP contribution in [0.15, 0.2) is 0 Å². The number of carbonyl (C=O) groups is 2. The average Bonchev–Trinajstić information content (AvgIpc) is 2.71. The Morgan fingerprint density at radius 3 is 1.50 bits per heavy atom. The van der Waals surface area contributed by atoms with Crippen molar-refractivity contribution in [2.24, 2.45) is 35.5 Å². The summed E-state index contributed by atoms with van der Waals surface area (Å²) in [5, 5.41) is 18.1. The Morgan fingerprint density at radius 2 is 1.14 bits per heavy atom. The quantitative estimate of drug-likeness (QED) is 0.680.